The topological polar surface area (TPSA) is 16.4 Å². The van der Waals surface area contributed by atoms with Gasteiger partial charge in [-0.25, -0.2) is 0 Å². The van der Waals surface area contributed by atoms with E-state index in [9.17, 15) is 0 Å². The van der Waals surface area contributed by atoms with Gasteiger partial charge in [0.05, 0.1) is 0 Å². The summed E-state index contributed by atoms with van der Waals surface area (Å²) in [7, 11) is 0. The summed E-state index contributed by atoms with van der Waals surface area (Å²) in [5, 5.41) is 6.16. The Kier molecular flexibility index (Phi) is 7.85. The standard InChI is InChI=1S/C52H35NO/c1-2-11-37(12-3-1)47-18-7-8-19-49(47)39-25-30-45(31-26-39)53(46-16-10-15-42(34-46)52-35-43-14-5-9-20-51(43)54-52)44-28-23-36(24-29-44)40-27-32-50-41(33-40)22-21-38-13-4-6-17-48(38)50/h1-35H. The summed E-state index contributed by atoms with van der Waals surface area (Å²) < 4.78 is 6.31. The van der Waals surface area contributed by atoms with Crippen LogP contribution in [-0.2, 0) is 0 Å². The fraction of sp³-hybridized carbons (Fsp3) is 0. The molecule has 0 aliphatic heterocycles. The number of benzene rings is 9. The van der Waals surface area contributed by atoms with Crippen LogP contribution in [0.1, 0.15) is 0 Å². The maximum Gasteiger partial charge on any atom is 0.135 e. The first-order chi connectivity index (χ1) is 26.7. The van der Waals surface area contributed by atoms with Gasteiger partial charge in [0, 0.05) is 28.0 Å². The van der Waals surface area contributed by atoms with Crippen LogP contribution < -0.4 is 4.90 Å². The molecule has 0 saturated heterocycles. The summed E-state index contributed by atoms with van der Waals surface area (Å²) in [4.78, 5) is 2.33. The van der Waals surface area contributed by atoms with Gasteiger partial charge in [0.15, 0.2) is 0 Å². The summed E-state index contributed by atoms with van der Waals surface area (Å²) in [5.74, 6) is 0.852. The Morgan fingerprint density at radius 1 is 0.296 bits per heavy atom. The smallest absolute Gasteiger partial charge is 0.135 e. The van der Waals surface area contributed by atoms with Gasteiger partial charge in [-0.3, -0.25) is 0 Å². The van der Waals surface area contributed by atoms with Crippen molar-refractivity contribution in [1.29, 1.82) is 0 Å². The van der Waals surface area contributed by atoms with Crippen LogP contribution in [0.3, 0.4) is 0 Å². The molecule has 0 aliphatic carbocycles. The monoisotopic (exact) mass is 689 g/mol. The van der Waals surface area contributed by atoms with Crippen LogP contribution in [0.4, 0.5) is 17.1 Å². The second-order valence-corrected chi connectivity index (χ2v) is 13.8. The molecular formula is C52H35NO. The maximum absolute atomic E-state index is 6.31. The van der Waals surface area contributed by atoms with Gasteiger partial charge in [-0.15, -0.1) is 0 Å². The molecule has 2 nitrogen and oxygen atoms in total. The lowest BCUT2D eigenvalue weighted by Gasteiger charge is -2.26. The molecule has 0 amide bonds. The molecule has 9 aromatic carbocycles. The third-order valence-corrected chi connectivity index (χ3v) is 10.5. The lowest BCUT2D eigenvalue weighted by atomic mass is 9.94. The van der Waals surface area contributed by atoms with Crippen molar-refractivity contribution in [1.82, 2.24) is 0 Å². The van der Waals surface area contributed by atoms with Crippen LogP contribution in [0.25, 0.3) is 77.2 Å². The summed E-state index contributed by atoms with van der Waals surface area (Å²) in [5.41, 5.74) is 12.3. The van der Waals surface area contributed by atoms with Crippen molar-refractivity contribution in [2.75, 3.05) is 4.90 Å². The number of nitrogens with zero attached hydrogens (tertiary/aromatic N) is 1. The van der Waals surface area contributed by atoms with E-state index in [-0.39, 0.29) is 0 Å². The second kappa shape index (κ2) is 13.4. The SMILES string of the molecule is c1ccc(-c2ccccc2-c2ccc(N(c3ccc(-c4ccc5c(ccc6ccccc65)c4)cc3)c3cccc(-c4cc5ccccc5o4)c3)cc2)cc1. The third kappa shape index (κ3) is 5.81. The Morgan fingerprint density at radius 2 is 0.870 bits per heavy atom. The molecule has 0 N–H and O–H groups in total. The normalized spacial score (nSPS) is 11.3. The number of furan rings is 1. The Morgan fingerprint density at radius 3 is 1.63 bits per heavy atom. The molecule has 0 atom stereocenters. The first-order valence-corrected chi connectivity index (χ1v) is 18.4. The molecule has 10 aromatic rings. The highest BCUT2D eigenvalue weighted by Gasteiger charge is 2.16. The highest BCUT2D eigenvalue weighted by atomic mass is 16.3. The Bertz CT molecular complexity index is 2890. The van der Waals surface area contributed by atoms with Crippen molar-refractivity contribution in [3.8, 4) is 44.7 Å². The zero-order valence-electron chi connectivity index (χ0n) is 29.6. The minimum absolute atomic E-state index is 0.852. The van der Waals surface area contributed by atoms with E-state index in [2.05, 4.69) is 199 Å². The second-order valence-electron chi connectivity index (χ2n) is 13.8. The average Bonchev–Trinajstić information content (AvgIpc) is 3.69. The third-order valence-electron chi connectivity index (χ3n) is 10.5. The summed E-state index contributed by atoms with van der Waals surface area (Å²) in [6, 6.07) is 75.9. The van der Waals surface area contributed by atoms with E-state index in [4.69, 9.17) is 4.42 Å². The fourth-order valence-corrected chi connectivity index (χ4v) is 7.76. The van der Waals surface area contributed by atoms with E-state index in [1.165, 1.54) is 54.9 Å². The van der Waals surface area contributed by atoms with Gasteiger partial charge in [-0.1, -0.05) is 158 Å². The van der Waals surface area contributed by atoms with Gasteiger partial charge >= 0.3 is 0 Å². The predicted molar refractivity (Wildman–Crippen MR) is 228 cm³/mol. The summed E-state index contributed by atoms with van der Waals surface area (Å²) in [6.07, 6.45) is 0. The van der Waals surface area contributed by atoms with Crippen molar-refractivity contribution in [2.24, 2.45) is 0 Å². The van der Waals surface area contributed by atoms with Crippen LogP contribution in [0.2, 0.25) is 0 Å². The number of fused-ring (bicyclic) bond motifs is 4. The summed E-state index contributed by atoms with van der Waals surface area (Å²) in [6.45, 7) is 0. The molecule has 0 spiro atoms. The fourth-order valence-electron chi connectivity index (χ4n) is 7.76. The van der Waals surface area contributed by atoms with Crippen LogP contribution in [-0.4, -0.2) is 0 Å². The molecule has 0 unspecified atom stereocenters. The van der Waals surface area contributed by atoms with E-state index in [0.717, 1.165) is 39.4 Å². The van der Waals surface area contributed by atoms with Gasteiger partial charge in [-0.05, 0) is 110 Å². The molecule has 0 radical (unpaired) electrons. The number of hydrogen-bond acceptors (Lipinski definition) is 2. The number of rotatable bonds is 7. The van der Waals surface area contributed by atoms with Gasteiger partial charge in [0.25, 0.3) is 0 Å². The molecule has 0 aliphatic rings. The lowest BCUT2D eigenvalue weighted by Crippen LogP contribution is -2.10. The van der Waals surface area contributed by atoms with Crippen LogP contribution in [0.5, 0.6) is 0 Å². The first-order valence-electron chi connectivity index (χ1n) is 18.4. The van der Waals surface area contributed by atoms with Gasteiger partial charge in [0.1, 0.15) is 11.3 Å². The van der Waals surface area contributed by atoms with E-state index < -0.39 is 0 Å². The Labute approximate surface area is 314 Å². The highest BCUT2D eigenvalue weighted by molar-refractivity contribution is 6.08. The Hall–Kier alpha value is -7.16. The highest BCUT2D eigenvalue weighted by Crippen LogP contribution is 2.40. The minimum Gasteiger partial charge on any atom is -0.456 e. The molecule has 54 heavy (non-hydrogen) atoms. The Balaban J connectivity index is 1.05. The van der Waals surface area contributed by atoms with Crippen molar-refractivity contribution >= 4 is 49.6 Å². The van der Waals surface area contributed by atoms with Crippen LogP contribution in [0.15, 0.2) is 217 Å². The largest absolute Gasteiger partial charge is 0.456 e. The van der Waals surface area contributed by atoms with E-state index in [1.807, 2.05) is 18.2 Å². The predicted octanol–water partition coefficient (Wildman–Crippen LogP) is 14.9. The molecule has 254 valence electrons. The van der Waals surface area contributed by atoms with Crippen LogP contribution in [0, 0.1) is 0 Å². The molecule has 2 heteroatoms. The average molecular weight is 690 g/mol. The summed E-state index contributed by atoms with van der Waals surface area (Å²) >= 11 is 0. The van der Waals surface area contributed by atoms with Crippen LogP contribution >= 0.6 is 0 Å². The number of anilines is 3. The zero-order valence-corrected chi connectivity index (χ0v) is 29.6. The van der Waals surface area contributed by atoms with Crippen molar-refractivity contribution in [3.63, 3.8) is 0 Å². The zero-order chi connectivity index (χ0) is 35.8. The van der Waals surface area contributed by atoms with Crippen molar-refractivity contribution < 1.29 is 4.42 Å². The van der Waals surface area contributed by atoms with Crippen molar-refractivity contribution in [2.45, 2.75) is 0 Å². The van der Waals surface area contributed by atoms with Crippen molar-refractivity contribution in [3.05, 3.63) is 212 Å². The number of hydrogen-bond donors (Lipinski definition) is 0. The molecular weight excluding hydrogens is 655 g/mol. The van der Waals surface area contributed by atoms with Gasteiger partial charge in [-0.2, -0.15) is 0 Å². The molecule has 0 fully saturated rings. The van der Waals surface area contributed by atoms with E-state index in [0.29, 0.717) is 0 Å². The quantitative estimate of drug-likeness (QED) is 0.155. The van der Waals surface area contributed by atoms with Gasteiger partial charge < -0.3 is 9.32 Å². The molecule has 0 bridgehead atoms. The van der Waals surface area contributed by atoms with E-state index in [1.54, 1.807) is 0 Å². The minimum atomic E-state index is 0.852. The first kappa shape index (κ1) is 31.6. The maximum atomic E-state index is 6.31. The van der Waals surface area contributed by atoms with Gasteiger partial charge in [0.2, 0.25) is 0 Å². The molecule has 10 rings (SSSR count). The lowest BCUT2D eigenvalue weighted by molar-refractivity contribution is 0.631. The number of para-hydroxylation sites is 1. The molecule has 1 aromatic heterocycles. The van der Waals surface area contributed by atoms with E-state index >= 15 is 0 Å². The molecule has 1 heterocycles. The molecule has 0 saturated carbocycles.